The van der Waals surface area contributed by atoms with E-state index in [2.05, 4.69) is 17.1 Å². The van der Waals surface area contributed by atoms with E-state index in [4.69, 9.17) is 5.11 Å². The lowest BCUT2D eigenvalue weighted by Crippen LogP contribution is -1.97. The van der Waals surface area contributed by atoms with E-state index in [9.17, 15) is 4.79 Å². The van der Waals surface area contributed by atoms with Gasteiger partial charge in [-0.25, -0.2) is 9.78 Å². The van der Waals surface area contributed by atoms with Crippen molar-refractivity contribution < 1.29 is 9.90 Å². The van der Waals surface area contributed by atoms with Crippen LogP contribution in [0.3, 0.4) is 0 Å². The third-order valence-electron chi connectivity index (χ3n) is 2.29. The summed E-state index contributed by atoms with van der Waals surface area (Å²) in [7, 11) is 0. The second-order valence-corrected chi connectivity index (χ2v) is 5.28. The summed E-state index contributed by atoms with van der Waals surface area (Å²) in [6, 6.07) is 8.22. The first-order valence-corrected chi connectivity index (χ1v) is 7.10. The molecule has 0 saturated heterocycles. The topological polar surface area (TPSA) is 50.2 Å². The zero-order valence-electron chi connectivity index (χ0n) is 9.21. The first-order valence-electron chi connectivity index (χ1n) is 4.99. The quantitative estimate of drug-likeness (QED) is 0.863. The Hall–Kier alpha value is -1.33. The largest absolute Gasteiger partial charge is 0.476 e. The Labute approximate surface area is 108 Å². The highest BCUT2D eigenvalue weighted by Crippen LogP contribution is 2.18. The van der Waals surface area contributed by atoms with Gasteiger partial charge in [0.25, 0.3) is 0 Å². The summed E-state index contributed by atoms with van der Waals surface area (Å²) in [4.78, 5) is 16.0. The molecule has 5 heteroatoms. The summed E-state index contributed by atoms with van der Waals surface area (Å²) >= 11 is 3.09. The zero-order chi connectivity index (χ0) is 12.3. The van der Waals surface area contributed by atoms with Crippen molar-refractivity contribution in [2.24, 2.45) is 0 Å². The molecule has 0 unspecified atom stereocenters. The van der Waals surface area contributed by atoms with Crippen LogP contribution in [-0.4, -0.2) is 22.3 Å². The van der Waals surface area contributed by atoms with Crippen LogP contribution in [0, 0.1) is 0 Å². The number of hydrogen-bond acceptors (Lipinski definition) is 4. The minimum atomic E-state index is -0.967. The van der Waals surface area contributed by atoms with Crippen LogP contribution in [0.4, 0.5) is 0 Å². The summed E-state index contributed by atoms with van der Waals surface area (Å²) in [5.41, 5.74) is 1.28. The van der Waals surface area contributed by atoms with E-state index < -0.39 is 5.97 Å². The average molecular weight is 265 g/mol. The number of carbonyl (C=O) groups is 1. The maximum atomic E-state index is 10.7. The molecule has 0 spiro atoms. The van der Waals surface area contributed by atoms with Gasteiger partial charge in [-0.3, -0.25) is 0 Å². The standard InChI is InChI=1S/C12H11NO2S2/c1-16-9-4-2-8(3-5-9)6-11-13-10(7-17-11)12(14)15/h2-5,7H,6H2,1H3,(H,14,15). The van der Waals surface area contributed by atoms with Gasteiger partial charge in [0.05, 0.1) is 5.01 Å². The minimum Gasteiger partial charge on any atom is -0.476 e. The van der Waals surface area contributed by atoms with Crippen LogP contribution in [0.25, 0.3) is 0 Å². The molecule has 0 atom stereocenters. The lowest BCUT2D eigenvalue weighted by molar-refractivity contribution is 0.0691. The molecular weight excluding hydrogens is 254 g/mol. The second-order valence-electron chi connectivity index (χ2n) is 3.46. The van der Waals surface area contributed by atoms with E-state index in [1.165, 1.54) is 16.2 Å². The highest BCUT2D eigenvalue weighted by atomic mass is 32.2. The van der Waals surface area contributed by atoms with Gasteiger partial charge in [-0.15, -0.1) is 23.1 Å². The highest BCUT2D eigenvalue weighted by Gasteiger charge is 2.08. The number of hydrogen-bond donors (Lipinski definition) is 1. The average Bonchev–Trinajstić information content (AvgIpc) is 2.79. The molecule has 0 aliphatic carbocycles. The van der Waals surface area contributed by atoms with Crippen molar-refractivity contribution in [2.75, 3.05) is 6.26 Å². The smallest absolute Gasteiger partial charge is 0.355 e. The molecule has 88 valence electrons. The SMILES string of the molecule is CSc1ccc(Cc2nc(C(=O)O)cs2)cc1. The number of nitrogens with zero attached hydrogens (tertiary/aromatic N) is 1. The Morgan fingerprint density at radius 1 is 1.41 bits per heavy atom. The molecule has 2 aromatic rings. The number of carboxylic acid groups (broad SMARTS) is 1. The molecular formula is C12H11NO2S2. The molecule has 0 aliphatic rings. The van der Waals surface area contributed by atoms with Crippen LogP contribution in [0.15, 0.2) is 34.5 Å². The fraction of sp³-hybridized carbons (Fsp3) is 0.167. The number of carboxylic acids is 1. The molecule has 1 N–H and O–H groups in total. The molecule has 0 amide bonds. The van der Waals surface area contributed by atoms with Crippen molar-refractivity contribution in [3.63, 3.8) is 0 Å². The fourth-order valence-corrected chi connectivity index (χ4v) is 2.62. The van der Waals surface area contributed by atoms with Gasteiger partial charge in [-0.1, -0.05) is 12.1 Å². The second kappa shape index (κ2) is 5.33. The maximum Gasteiger partial charge on any atom is 0.355 e. The number of aromatic nitrogens is 1. The maximum absolute atomic E-state index is 10.7. The van der Waals surface area contributed by atoms with Crippen LogP contribution < -0.4 is 0 Å². The van der Waals surface area contributed by atoms with Crippen molar-refractivity contribution >= 4 is 29.1 Å². The van der Waals surface area contributed by atoms with E-state index in [-0.39, 0.29) is 5.69 Å². The van der Waals surface area contributed by atoms with Gasteiger partial charge in [0.1, 0.15) is 0 Å². The normalized spacial score (nSPS) is 10.4. The Morgan fingerprint density at radius 3 is 2.65 bits per heavy atom. The Bertz CT molecular complexity index is 520. The molecule has 0 fully saturated rings. The monoisotopic (exact) mass is 265 g/mol. The lowest BCUT2D eigenvalue weighted by Gasteiger charge is -1.99. The lowest BCUT2D eigenvalue weighted by atomic mass is 10.2. The van der Waals surface area contributed by atoms with Crippen molar-refractivity contribution in [1.29, 1.82) is 0 Å². The summed E-state index contributed by atoms with van der Waals surface area (Å²) in [6.07, 6.45) is 2.72. The first kappa shape index (κ1) is 12.1. The van der Waals surface area contributed by atoms with Crippen molar-refractivity contribution in [3.8, 4) is 0 Å². The third kappa shape index (κ3) is 3.08. The van der Waals surface area contributed by atoms with Crippen molar-refractivity contribution in [2.45, 2.75) is 11.3 Å². The fourth-order valence-electron chi connectivity index (χ4n) is 1.41. The predicted molar refractivity (Wildman–Crippen MR) is 70.1 cm³/mol. The molecule has 1 aromatic carbocycles. The molecule has 0 aliphatic heterocycles. The van der Waals surface area contributed by atoms with Crippen molar-refractivity contribution in [3.05, 3.63) is 45.9 Å². The molecule has 0 bridgehead atoms. The molecule has 17 heavy (non-hydrogen) atoms. The molecule has 3 nitrogen and oxygen atoms in total. The number of benzene rings is 1. The van der Waals surface area contributed by atoms with E-state index in [1.54, 1.807) is 17.1 Å². The van der Waals surface area contributed by atoms with E-state index in [0.717, 1.165) is 10.6 Å². The third-order valence-corrected chi connectivity index (χ3v) is 3.88. The Balaban J connectivity index is 2.11. The molecule has 2 rings (SSSR count). The number of aromatic carboxylic acids is 1. The summed E-state index contributed by atoms with van der Waals surface area (Å²) in [5.74, 6) is -0.967. The van der Waals surface area contributed by atoms with Gasteiger partial charge < -0.3 is 5.11 Å². The van der Waals surface area contributed by atoms with E-state index in [1.807, 2.05) is 18.4 Å². The Morgan fingerprint density at radius 2 is 2.12 bits per heavy atom. The Kier molecular flexibility index (Phi) is 3.81. The van der Waals surface area contributed by atoms with Crippen LogP contribution in [0.5, 0.6) is 0 Å². The molecule has 0 radical (unpaired) electrons. The molecule has 1 heterocycles. The highest BCUT2D eigenvalue weighted by molar-refractivity contribution is 7.98. The first-order chi connectivity index (χ1) is 8.19. The summed E-state index contributed by atoms with van der Waals surface area (Å²) in [5, 5.41) is 11.2. The number of rotatable bonds is 4. The van der Waals surface area contributed by atoms with Crippen LogP contribution >= 0.6 is 23.1 Å². The van der Waals surface area contributed by atoms with Gasteiger partial charge in [-0.05, 0) is 24.0 Å². The van der Waals surface area contributed by atoms with Crippen LogP contribution in [0.1, 0.15) is 21.1 Å². The van der Waals surface area contributed by atoms with Crippen LogP contribution in [0.2, 0.25) is 0 Å². The number of thiazole rings is 1. The van der Waals surface area contributed by atoms with Gasteiger partial charge in [0.15, 0.2) is 5.69 Å². The van der Waals surface area contributed by atoms with Gasteiger partial charge in [-0.2, -0.15) is 0 Å². The predicted octanol–water partition coefficient (Wildman–Crippen LogP) is 3.15. The van der Waals surface area contributed by atoms with Gasteiger partial charge >= 0.3 is 5.97 Å². The van der Waals surface area contributed by atoms with Gasteiger partial charge in [0.2, 0.25) is 0 Å². The summed E-state index contributed by atoms with van der Waals surface area (Å²) in [6.45, 7) is 0. The number of thioether (sulfide) groups is 1. The van der Waals surface area contributed by atoms with E-state index in [0.29, 0.717) is 6.42 Å². The van der Waals surface area contributed by atoms with Crippen LogP contribution in [-0.2, 0) is 6.42 Å². The minimum absolute atomic E-state index is 0.130. The molecule has 1 aromatic heterocycles. The van der Waals surface area contributed by atoms with Gasteiger partial charge in [0, 0.05) is 16.7 Å². The van der Waals surface area contributed by atoms with Crippen molar-refractivity contribution in [1.82, 2.24) is 4.98 Å². The van der Waals surface area contributed by atoms with E-state index >= 15 is 0 Å². The molecule has 0 saturated carbocycles. The zero-order valence-corrected chi connectivity index (χ0v) is 10.8. The summed E-state index contributed by atoms with van der Waals surface area (Å²) < 4.78 is 0.